The molecule has 1 aromatic carbocycles. The van der Waals surface area contributed by atoms with Crippen LogP contribution in [0.3, 0.4) is 0 Å². The van der Waals surface area contributed by atoms with Crippen LogP contribution in [0.1, 0.15) is 19.4 Å². The molecule has 0 bridgehead atoms. The summed E-state index contributed by atoms with van der Waals surface area (Å²) in [6.45, 7) is 3.93. The number of sulfonamides is 1. The van der Waals surface area contributed by atoms with Crippen LogP contribution in [0.4, 0.5) is 11.5 Å². The number of aromatic amines is 1. The highest BCUT2D eigenvalue weighted by Gasteiger charge is 2.34. The van der Waals surface area contributed by atoms with E-state index in [2.05, 4.69) is 21.5 Å². The maximum atomic E-state index is 12.7. The van der Waals surface area contributed by atoms with Crippen molar-refractivity contribution >= 4 is 32.4 Å². The van der Waals surface area contributed by atoms with Crippen LogP contribution in [-0.4, -0.2) is 53.8 Å². The van der Waals surface area contributed by atoms with Gasteiger partial charge in [-0.3, -0.25) is 9.48 Å². The standard InChI is InChI=1S/C22H24N6O4S/c1-14-11-27(12-14)33(30,31)17-4-2-16(3-5-17)25-21-20-18(6-8-24-22(20)29)28(26-21)19-13-32-9-7-15(19)10-23/h2-6,8,14-15,19H,7,9,11-13H2,1H3,(H,24,29)(H,25,26)/t15-,19+/m1/s1. The number of benzene rings is 1. The van der Waals surface area contributed by atoms with Crippen LogP contribution in [-0.2, 0) is 14.8 Å². The summed E-state index contributed by atoms with van der Waals surface area (Å²) >= 11 is 0. The number of pyridine rings is 1. The van der Waals surface area contributed by atoms with Gasteiger partial charge in [-0.2, -0.15) is 14.7 Å². The van der Waals surface area contributed by atoms with Gasteiger partial charge in [0.05, 0.1) is 35.0 Å². The van der Waals surface area contributed by atoms with E-state index in [1.807, 2.05) is 6.92 Å². The molecule has 4 heterocycles. The van der Waals surface area contributed by atoms with Crippen molar-refractivity contribution in [2.45, 2.75) is 24.3 Å². The summed E-state index contributed by atoms with van der Waals surface area (Å²) < 4.78 is 34.1. The van der Waals surface area contributed by atoms with Crippen molar-refractivity contribution < 1.29 is 13.2 Å². The summed E-state index contributed by atoms with van der Waals surface area (Å²) in [4.78, 5) is 15.5. The van der Waals surface area contributed by atoms with Crippen LogP contribution >= 0.6 is 0 Å². The van der Waals surface area contributed by atoms with Crippen LogP contribution < -0.4 is 10.9 Å². The first-order valence-electron chi connectivity index (χ1n) is 10.8. The molecule has 3 aromatic rings. The third-order valence-electron chi connectivity index (χ3n) is 6.22. The molecule has 2 saturated heterocycles. The zero-order valence-electron chi connectivity index (χ0n) is 18.1. The number of anilines is 2. The molecule has 2 aromatic heterocycles. The molecule has 172 valence electrons. The normalized spacial score (nSPS) is 22.1. The Kier molecular flexibility index (Phi) is 5.44. The summed E-state index contributed by atoms with van der Waals surface area (Å²) in [6, 6.07) is 10.2. The molecule has 2 atom stereocenters. The summed E-state index contributed by atoms with van der Waals surface area (Å²) in [6.07, 6.45) is 2.15. The number of hydrogen-bond acceptors (Lipinski definition) is 7. The van der Waals surface area contributed by atoms with Crippen LogP contribution in [0.2, 0.25) is 0 Å². The first kappa shape index (κ1) is 21.6. The minimum Gasteiger partial charge on any atom is -0.379 e. The van der Waals surface area contributed by atoms with E-state index in [4.69, 9.17) is 4.74 Å². The van der Waals surface area contributed by atoms with Gasteiger partial charge in [0.2, 0.25) is 10.0 Å². The third-order valence-corrected chi connectivity index (χ3v) is 8.07. The number of nitrogens with one attached hydrogen (secondary N) is 2. The molecular weight excluding hydrogens is 444 g/mol. The summed E-state index contributed by atoms with van der Waals surface area (Å²) in [5, 5.41) is 17.7. The Bertz CT molecular complexity index is 1380. The van der Waals surface area contributed by atoms with E-state index < -0.39 is 10.0 Å². The molecule has 0 aliphatic carbocycles. The molecule has 2 aliphatic rings. The molecule has 2 fully saturated rings. The van der Waals surface area contributed by atoms with Gasteiger partial charge >= 0.3 is 0 Å². The predicted octanol–water partition coefficient (Wildman–Crippen LogP) is 2.21. The molecule has 2 aliphatic heterocycles. The lowest BCUT2D eigenvalue weighted by Crippen LogP contribution is -2.48. The van der Waals surface area contributed by atoms with Crippen molar-refractivity contribution in [3.63, 3.8) is 0 Å². The Morgan fingerprint density at radius 2 is 2.00 bits per heavy atom. The molecule has 2 N–H and O–H groups in total. The Hall–Kier alpha value is -3.20. The van der Waals surface area contributed by atoms with E-state index in [9.17, 15) is 18.5 Å². The van der Waals surface area contributed by atoms with Gasteiger partial charge in [0.25, 0.3) is 5.56 Å². The number of rotatable bonds is 5. The minimum absolute atomic E-state index is 0.226. The molecule has 0 unspecified atom stereocenters. The number of fused-ring (bicyclic) bond motifs is 1. The zero-order valence-corrected chi connectivity index (χ0v) is 18.9. The molecule has 0 amide bonds. The second-order valence-corrected chi connectivity index (χ2v) is 10.5. The average molecular weight is 469 g/mol. The molecule has 10 nitrogen and oxygen atoms in total. The molecule has 0 spiro atoms. The number of H-pyrrole nitrogens is 1. The third kappa shape index (κ3) is 3.80. The van der Waals surface area contributed by atoms with E-state index in [0.717, 1.165) is 0 Å². The lowest BCUT2D eigenvalue weighted by atomic mass is 9.96. The summed E-state index contributed by atoms with van der Waals surface area (Å²) in [7, 11) is -3.50. The van der Waals surface area contributed by atoms with Gasteiger partial charge in [-0.25, -0.2) is 8.42 Å². The number of hydrogen-bond donors (Lipinski definition) is 2. The topological polar surface area (TPSA) is 133 Å². The molecule has 33 heavy (non-hydrogen) atoms. The van der Waals surface area contributed by atoms with E-state index in [1.165, 1.54) is 4.31 Å². The molecule has 5 rings (SSSR count). The highest BCUT2D eigenvalue weighted by Crippen LogP contribution is 2.32. The lowest BCUT2D eigenvalue weighted by Gasteiger charge is -2.35. The fourth-order valence-electron chi connectivity index (χ4n) is 4.39. The fraction of sp³-hybridized carbons (Fsp3) is 0.409. The largest absolute Gasteiger partial charge is 0.379 e. The van der Waals surface area contributed by atoms with Crippen molar-refractivity contribution in [1.29, 1.82) is 5.26 Å². The van der Waals surface area contributed by atoms with Crippen molar-refractivity contribution in [1.82, 2.24) is 19.1 Å². The van der Waals surface area contributed by atoms with Gasteiger partial charge in [0.15, 0.2) is 5.82 Å². The molecule has 0 saturated carbocycles. The smallest absolute Gasteiger partial charge is 0.261 e. The highest BCUT2D eigenvalue weighted by atomic mass is 32.2. The van der Waals surface area contributed by atoms with Gasteiger partial charge in [0, 0.05) is 31.6 Å². The summed E-state index contributed by atoms with van der Waals surface area (Å²) in [5.74, 6) is 0.432. The van der Waals surface area contributed by atoms with Crippen LogP contribution in [0.5, 0.6) is 0 Å². The maximum absolute atomic E-state index is 12.7. The Labute approximate surface area is 190 Å². The number of nitriles is 1. The zero-order chi connectivity index (χ0) is 23.2. The number of nitrogens with zero attached hydrogens (tertiary/aromatic N) is 4. The molecular formula is C22H24N6O4S. The molecule has 0 radical (unpaired) electrons. The van der Waals surface area contributed by atoms with Crippen LogP contribution in [0.15, 0.2) is 46.2 Å². The van der Waals surface area contributed by atoms with Gasteiger partial charge in [-0.1, -0.05) is 6.92 Å². The SMILES string of the molecule is CC1CN(S(=O)(=O)c2ccc(Nc3nn([C@H]4COCC[C@@H]4C#N)c4cc[nH]c(=O)c34)cc2)C1. The van der Waals surface area contributed by atoms with Crippen molar-refractivity contribution in [2.24, 2.45) is 11.8 Å². The Morgan fingerprint density at radius 3 is 2.70 bits per heavy atom. The summed E-state index contributed by atoms with van der Waals surface area (Å²) in [5.41, 5.74) is 0.887. The van der Waals surface area contributed by atoms with Gasteiger partial charge in [0.1, 0.15) is 5.39 Å². The van der Waals surface area contributed by atoms with E-state index in [0.29, 0.717) is 61.1 Å². The van der Waals surface area contributed by atoms with Crippen molar-refractivity contribution in [3.8, 4) is 6.07 Å². The quantitative estimate of drug-likeness (QED) is 0.586. The van der Waals surface area contributed by atoms with Gasteiger partial charge in [-0.05, 0) is 42.7 Å². The minimum atomic E-state index is -3.50. The lowest BCUT2D eigenvalue weighted by molar-refractivity contribution is 0.0359. The second kappa shape index (κ2) is 8.30. The Balaban J connectivity index is 1.47. The van der Waals surface area contributed by atoms with Crippen LogP contribution in [0, 0.1) is 23.2 Å². The average Bonchev–Trinajstić information content (AvgIpc) is 3.16. The van der Waals surface area contributed by atoms with E-state index in [1.54, 1.807) is 41.2 Å². The molecule has 11 heteroatoms. The second-order valence-electron chi connectivity index (χ2n) is 8.60. The van der Waals surface area contributed by atoms with Crippen LogP contribution in [0.25, 0.3) is 10.9 Å². The fourth-order valence-corrected chi connectivity index (χ4v) is 6.07. The number of ether oxygens (including phenoxy) is 1. The maximum Gasteiger partial charge on any atom is 0.261 e. The first-order chi connectivity index (χ1) is 15.9. The van der Waals surface area contributed by atoms with Gasteiger partial charge < -0.3 is 15.0 Å². The number of aromatic nitrogens is 3. The van der Waals surface area contributed by atoms with Crippen molar-refractivity contribution in [3.05, 3.63) is 46.9 Å². The first-order valence-corrected chi connectivity index (χ1v) is 12.3. The monoisotopic (exact) mass is 468 g/mol. The van der Waals surface area contributed by atoms with Gasteiger partial charge in [-0.15, -0.1) is 0 Å². The van der Waals surface area contributed by atoms with E-state index >= 15 is 0 Å². The van der Waals surface area contributed by atoms with E-state index in [-0.39, 0.29) is 22.4 Å². The highest BCUT2D eigenvalue weighted by molar-refractivity contribution is 7.89. The van der Waals surface area contributed by atoms with Crippen molar-refractivity contribution in [2.75, 3.05) is 31.6 Å². The Morgan fingerprint density at radius 1 is 1.24 bits per heavy atom. The predicted molar refractivity (Wildman–Crippen MR) is 122 cm³/mol.